The van der Waals surface area contributed by atoms with E-state index in [0.717, 1.165) is 11.1 Å². The molecule has 0 fully saturated rings. The van der Waals surface area contributed by atoms with Crippen LogP contribution >= 0.6 is 23.2 Å². The van der Waals surface area contributed by atoms with Gasteiger partial charge < -0.3 is 4.52 Å². The summed E-state index contributed by atoms with van der Waals surface area (Å²) in [5.41, 5.74) is 5.06. The van der Waals surface area contributed by atoms with Crippen LogP contribution < -0.4 is 11.1 Å². The zero-order valence-electron chi connectivity index (χ0n) is 22.4. The fourth-order valence-corrected chi connectivity index (χ4v) is 5.31. The zero-order valence-corrected chi connectivity index (χ0v) is 23.9. The van der Waals surface area contributed by atoms with Gasteiger partial charge in [0.1, 0.15) is 11.5 Å². The number of aromatic nitrogens is 5. The van der Waals surface area contributed by atoms with E-state index >= 15 is 0 Å². The Hall–Kier alpha value is -4.53. The lowest BCUT2D eigenvalue weighted by Gasteiger charge is -2.11. The fraction of sp³-hybridized carbons (Fsp3) is 0.129. The summed E-state index contributed by atoms with van der Waals surface area (Å²) in [5, 5.41) is 11.7. The lowest BCUT2D eigenvalue weighted by atomic mass is 9.89. The normalized spacial score (nSPS) is 11.5. The molecule has 206 valence electrons. The minimum Gasteiger partial charge on any atom is -0.360 e. The van der Waals surface area contributed by atoms with Crippen LogP contribution in [0.5, 0.6) is 0 Å². The number of aromatic amines is 2. The number of hydrogen-bond donors (Lipinski definition) is 2. The van der Waals surface area contributed by atoms with Crippen LogP contribution in [0, 0.1) is 20.8 Å². The second-order valence-electron chi connectivity index (χ2n) is 9.95. The van der Waals surface area contributed by atoms with E-state index in [4.69, 9.17) is 27.7 Å². The Morgan fingerprint density at radius 1 is 0.707 bits per heavy atom. The summed E-state index contributed by atoms with van der Waals surface area (Å²) in [6.45, 7) is 5.61. The summed E-state index contributed by atoms with van der Waals surface area (Å²) in [7, 11) is 0. The van der Waals surface area contributed by atoms with E-state index in [-0.39, 0.29) is 11.1 Å². The molecular formula is C31H25Cl2N5O3. The van der Waals surface area contributed by atoms with Gasteiger partial charge in [0.2, 0.25) is 0 Å². The summed E-state index contributed by atoms with van der Waals surface area (Å²) in [4.78, 5) is 28.0. The molecule has 0 spiro atoms. The Kier molecular flexibility index (Phi) is 6.81. The molecule has 0 saturated heterocycles. The topological polar surface area (TPSA) is 102 Å². The highest BCUT2D eigenvalue weighted by Gasteiger charge is 2.34. The van der Waals surface area contributed by atoms with Crippen molar-refractivity contribution in [1.29, 1.82) is 0 Å². The largest absolute Gasteiger partial charge is 0.360 e. The van der Waals surface area contributed by atoms with Gasteiger partial charge in [0.25, 0.3) is 11.1 Å². The molecule has 3 aromatic carbocycles. The van der Waals surface area contributed by atoms with Crippen molar-refractivity contribution in [2.75, 3.05) is 0 Å². The highest BCUT2D eigenvalue weighted by molar-refractivity contribution is 6.30. The molecule has 0 amide bonds. The van der Waals surface area contributed by atoms with Crippen molar-refractivity contribution in [2.45, 2.75) is 26.7 Å². The summed E-state index contributed by atoms with van der Waals surface area (Å²) in [6.07, 6.45) is 0. The van der Waals surface area contributed by atoms with Gasteiger partial charge in [-0.05, 0) is 69.3 Å². The van der Waals surface area contributed by atoms with Gasteiger partial charge in [-0.1, -0.05) is 58.2 Å². The van der Waals surface area contributed by atoms with E-state index in [1.54, 1.807) is 68.4 Å². The second-order valence-corrected chi connectivity index (χ2v) is 10.8. The highest BCUT2D eigenvalue weighted by Crippen LogP contribution is 2.34. The minimum atomic E-state index is -0.851. The molecule has 0 atom stereocenters. The molecule has 3 aromatic heterocycles. The lowest BCUT2D eigenvalue weighted by molar-refractivity contribution is 0.381. The Morgan fingerprint density at radius 2 is 1.17 bits per heavy atom. The number of aryl methyl sites for hydroxylation is 3. The molecule has 8 nitrogen and oxygen atoms in total. The fourth-order valence-electron chi connectivity index (χ4n) is 5.06. The first kappa shape index (κ1) is 26.7. The van der Waals surface area contributed by atoms with Crippen LogP contribution in [-0.2, 0) is 0 Å². The molecule has 0 aliphatic carbocycles. The quantitative estimate of drug-likeness (QED) is 0.227. The number of halogens is 2. The van der Waals surface area contributed by atoms with Gasteiger partial charge >= 0.3 is 0 Å². The molecule has 0 saturated carbocycles. The Balaban J connectivity index is 1.56. The van der Waals surface area contributed by atoms with Crippen molar-refractivity contribution in [1.82, 2.24) is 24.7 Å². The van der Waals surface area contributed by atoms with Crippen LogP contribution in [0.3, 0.4) is 0 Å². The molecule has 6 aromatic rings. The monoisotopic (exact) mass is 585 g/mol. The van der Waals surface area contributed by atoms with Gasteiger partial charge in [0, 0.05) is 33.1 Å². The number of hydrogen-bond acceptors (Lipinski definition) is 4. The molecule has 6 rings (SSSR count). The van der Waals surface area contributed by atoms with Crippen molar-refractivity contribution in [3.63, 3.8) is 0 Å². The van der Waals surface area contributed by atoms with Crippen LogP contribution in [0.15, 0.2) is 93.0 Å². The Bertz CT molecular complexity index is 1870. The molecule has 0 aliphatic rings. The lowest BCUT2D eigenvalue weighted by Crippen LogP contribution is -2.25. The van der Waals surface area contributed by atoms with Gasteiger partial charge in [-0.15, -0.1) is 0 Å². The second kappa shape index (κ2) is 10.5. The summed E-state index contributed by atoms with van der Waals surface area (Å²) in [6, 6.07) is 23.5. The Morgan fingerprint density at radius 3 is 1.63 bits per heavy atom. The number of rotatable bonds is 6. The summed E-state index contributed by atoms with van der Waals surface area (Å²) >= 11 is 12.2. The number of benzene rings is 3. The van der Waals surface area contributed by atoms with Crippen molar-refractivity contribution in [3.05, 3.63) is 143 Å². The van der Waals surface area contributed by atoms with Gasteiger partial charge in [-0.2, -0.15) is 0 Å². The number of nitrogens with zero attached hydrogens (tertiary/aromatic N) is 3. The van der Waals surface area contributed by atoms with E-state index < -0.39 is 5.92 Å². The third-order valence-corrected chi connectivity index (χ3v) is 7.65. The molecule has 0 unspecified atom stereocenters. The van der Waals surface area contributed by atoms with Crippen LogP contribution in [0.4, 0.5) is 0 Å². The van der Waals surface area contributed by atoms with Gasteiger partial charge in [-0.3, -0.25) is 19.8 Å². The van der Waals surface area contributed by atoms with E-state index in [9.17, 15) is 9.59 Å². The van der Waals surface area contributed by atoms with Crippen LogP contribution in [0.25, 0.3) is 22.6 Å². The van der Waals surface area contributed by atoms with Crippen molar-refractivity contribution in [3.8, 4) is 22.6 Å². The van der Waals surface area contributed by atoms with Gasteiger partial charge in [-0.25, -0.2) is 9.36 Å². The van der Waals surface area contributed by atoms with E-state index in [1.165, 1.54) is 9.36 Å². The molecule has 0 aliphatic heterocycles. The third kappa shape index (κ3) is 4.85. The molecule has 10 heteroatoms. The minimum absolute atomic E-state index is 0.318. The average Bonchev–Trinajstić information content (AvgIpc) is 3.64. The molecular weight excluding hydrogens is 561 g/mol. The summed E-state index contributed by atoms with van der Waals surface area (Å²) in [5.74, 6) is -0.484. The first-order valence-corrected chi connectivity index (χ1v) is 13.7. The molecule has 3 heterocycles. The van der Waals surface area contributed by atoms with Crippen molar-refractivity contribution >= 4 is 23.2 Å². The molecule has 2 N–H and O–H groups in total. The predicted molar refractivity (Wildman–Crippen MR) is 160 cm³/mol. The van der Waals surface area contributed by atoms with E-state index in [0.29, 0.717) is 55.4 Å². The van der Waals surface area contributed by atoms with Crippen molar-refractivity contribution < 1.29 is 4.52 Å². The van der Waals surface area contributed by atoms with E-state index in [1.807, 2.05) is 31.2 Å². The Labute approximate surface area is 244 Å². The van der Waals surface area contributed by atoms with Crippen LogP contribution in [-0.4, -0.2) is 24.7 Å². The summed E-state index contributed by atoms with van der Waals surface area (Å²) < 4.78 is 8.76. The van der Waals surface area contributed by atoms with E-state index in [2.05, 4.69) is 15.4 Å². The molecule has 0 bridgehead atoms. The highest BCUT2D eigenvalue weighted by atomic mass is 35.5. The number of H-pyrrole nitrogens is 2. The van der Waals surface area contributed by atoms with Crippen molar-refractivity contribution in [2.24, 2.45) is 0 Å². The first-order chi connectivity index (χ1) is 19.7. The predicted octanol–water partition coefficient (Wildman–Crippen LogP) is 6.71. The zero-order chi connectivity index (χ0) is 28.8. The van der Waals surface area contributed by atoms with Gasteiger partial charge in [0.15, 0.2) is 0 Å². The standard InChI is InChI=1S/C31H25Cl2N5O3/c1-17-4-6-20(7-5-17)25-16-26(41-36-25)29(27-18(2)34-37(30(27)39)23-12-8-21(32)9-13-23)28-19(3)35-38(31(28)40)24-14-10-22(33)11-15-24/h4-16,29,34-35H,1-3H3. The maximum absolute atomic E-state index is 14.0. The van der Waals surface area contributed by atoms with Crippen LogP contribution in [0.1, 0.15) is 39.8 Å². The number of nitrogens with one attached hydrogen (secondary N) is 2. The average molecular weight is 586 g/mol. The molecule has 0 radical (unpaired) electrons. The first-order valence-electron chi connectivity index (χ1n) is 12.9. The maximum atomic E-state index is 14.0. The maximum Gasteiger partial charge on any atom is 0.275 e. The SMILES string of the molecule is Cc1ccc(-c2cc(C(c3c(C)[nH]n(-c4ccc(Cl)cc4)c3=O)c3c(C)[nH]n(-c4ccc(Cl)cc4)c3=O)on2)cc1. The van der Waals surface area contributed by atoms with Gasteiger partial charge in [0.05, 0.1) is 28.4 Å². The third-order valence-electron chi connectivity index (χ3n) is 7.14. The smallest absolute Gasteiger partial charge is 0.275 e. The molecule has 41 heavy (non-hydrogen) atoms. The van der Waals surface area contributed by atoms with Crippen LogP contribution in [0.2, 0.25) is 10.0 Å².